The van der Waals surface area contributed by atoms with Crippen molar-refractivity contribution in [1.29, 1.82) is 0 Å². The highest BCUT2D eigenvalue weighted by Crippen LogP contribution is 2.26. The predicted octanol–water partition coefficient (Wildman–Crippen LogP) is 5.15. The summed E-state index contributed by atoms with van der Waals surface area (Å²) in [6.07, 6.45) is 7.67. The van der Waals surface area contributed by atoms with Gasteiger partial charge in [-0.25, -0.2) is 13.8 Å². The summed E-state index contributed by atoms with van der Waals surface area (Å²) in [5.74, 6) is -1.81. The lowest BCUT2D eigenvalue weighted by atomic mass is 9.97. The molecule has 8 heteroatoms. The summed E-state index contributed by atoms with van der Waals surface area (Å²) in [5.41, 5.74) is 1.23. The Morgan fingerprint density at radius 2 is 2.03 bits per heavy atom. The molecule has 0 unspecified atom stereocenters. The molecule has 2 aromatic carbocycles. The predicted molar refractivity (Wildman–Crippen MR) is 127 cm³/mol. The van der Waals surface area contributed by atoms with E-state index in [1.54, 1.807) is 31.2 Å². The summed E-state index contributed by atoms with van der Waals surface area (Å²) < 4.78 is 29.2. The Bertz CT molecular complexity index is 1270. The van der Waals surface area contributed by atoms with Crippen molar-refractivity contribution in [3.05, 3.63) is 76.1 Å². The van der Waals surface area contributed by atoms with E-state index in [1.165, 1.54) is 24.5 Å². The van der Waals surface area contributed by atoms with Gasteiger partial charge in [0.15, 0.2) is 5.16 Å². The minimum absolute atomic E-state index is 0.112. The fourth-order valence-electron chi connectivity index (χ4n) is 3.90. The second-order valence-corrected chi connectivity index (χ2v) is 9.37. The topological polar surface area (TPSA) is 64.0 Å². The number of fused-ring (bicyclic) bond motifs is 1. The molecule has 0 radical (unpaired) electrons. The van der Waals surface area contributed by atoms with E-state index >= 15 is 0 Å². The van der Waals surface area contributed by atoms with E-state index in [-0.39, 0.29) is 16.8 Å². The Kier molecular flexibility index (Phi) is 7.23. The largest absolute Gasteiger partial charge is 0.355 e. The van der Waals surface area contributed by atoms with Crippen molar-refractivity contribution in [1.82, 2.24) is 14.9 Å². The fourth-order valence-corrected chi connectivity index (χ4v) is 4.84. The Labute approximate surface area is 194 Å². The highest BCUT2D eigenvalue weighted by atomic mass is 32.2. The average Bonchev–Trinajstić information content (AvgIpc) is 2.81. The second-order valence-electron chi connectivity index (χ2n) is 8.06. The number of nitrogens with one attached hydrogen (secondary N) is 1. The first-order chi connectivity index (χ1) is 15.9. The zero-order valence-electron chi connectivity index (χ0n) is 18.3. The standard InChI is InChI=1S/C25H25F2N3O2S/c1-16(23(31)28-14-13-17-7-3-2-4-8-17)33-25-29-21-10-6-5-9-19(21)24(32)30(25)22-12-11-18(26)15-20(22)27/h5-7,9-12,15-16H,2-4,8,13-14H2,1H3,(H,28,31)/t16-/m0/s1. The summed E-state index contributed by atoms with van der Waals surface area (Å²) in [4.78, 5) is 30.5. The number of allylic oxidation sites excluding steroid dienone is 1. The van der Waals surface area contributed by atoms with Crippen molar-refractivity contribution in [3.63, 3.8) is 0 Å². The molecule has 0 aliphatic heterocycles. The summed E-state index contributed by atoms with van der Waals surface area (Å²) in [6.45, 7) is 2.26. The van der Waals surface area contributed by atoms with Crippen LogP contribution >= 0.6 is 11.8 Å². The van der Waals surface area contributed by atoms with E-state index in [4.69, 9.17) is 0 Å². The molecule has 5 nitrogen and oxygen atoms in total. The molecule has 0 saturated carbocycles. The van der Waals surface area contributed by atoms with Crippen LogP contribution in [0.2, 0.25) is 0 Å². The molecular weight excluding hydrogens is 444 g/mol. The number of rotatable bonds is 7. The number of aromatic nitrogens is 2. The number of nitrogens with zero attached hydrogens (tertiary/aromatic N) is 2. The van der Waals surface area contributed by atoms with Gasteiger partial charge in [0.05, 0.1) is 21.8 Å². The van der Waals surface area contributed by atoms with Crippen LogP contribution in [-0.4, -0.2) is 27.3 Å². The van der Waals surface area contributed by atoms with Crippen LogP contribution in [0.1, 0.15) is 39.0 Å². The summed E-state index contributed by atoms with van der Waals surface area (Å²) in [6, 6.07) is 9.76. The van der Waals surface area contributed by atoms with Crippen molar-refractivity contribution in [3.8, 4) is 5.69 Å². The summed E-state index contributed by atoms with van der Waals surface area (Å²) in [7, 11) is 0. The molecule has 0 bridgehead atoms. The maximum atomic E-state index is 14.6. The van der Waals surface area contributed by atoms with Crippen LogP contribution in [0.3, 0.4) is 0 Å². The Morgan fingerprint density at radius 3 is 2.79 bits per heavy atom. The summed E-state index contributed by atoms with van der Waals surface area (Å²) >= 11 is 1.07. The SMILES string of the molecule is C[C@H](Sc1nc2ccccc2c(=O)n1-c1ccc(F)cc1F)C(=O)NCCC1=CCCCC1. The average molecular weight is 470 g/mol. The third-order valence-electron chi connectivity index (χ3n) is 5.68. The van der Waals surface area contributed by atoms with Gasteiger partial charge in [-0.15, -0.1) is 0 Å². The van der Waals surface area contributed by atoms with Gasteiger partial charge in [-0.2, -0.15) is 0 Å². The van der Waals surface area contributed by atoms with Crippen LogP contribution in [0.25, 0.3) is 16.6 Å². The monoisotopic (exact) mass is 469 g/mol. The first kappa shape index (κ1) is 23.2. The molecule has 0 fully saturated rings. The van der Waals surface area contributed by atoms with E-state index in [9.17, 15) is 18.4 Å². The molecule has 1 aliphatic rings. The zero-order valence-corrected chi connectivity index (χ0v) is 19.1. The van der Waals surface area contributed by atoms with Gasteiger partial charge in [0.2, 0.25) is 5.91 Å². The van der Waals surface area contributed by atoms with Gasteiger partial charge in [-0.3, -0.25) is 14.2 Å². The number of thioether (sulfide) groups is 1. The smallest absolute Gasteiger partial charge is 0.266 e. The molecule has 4 rings (SSSR count). The molecule has 1 atom stereocenters. The Hall–Kier alpha value is -3.00. The van der Waals surface area contributed by atoms with Crippen molar-refractivity contribution < 1.29 is 13.6 Å². The zero-order chi connectivity index (χ0) is 23.4. The first-order valence-electron chi connectivity index (χ1n) is 11.0. The van der Waals surface area contributed by atoms with Crippen molar-refractivity contribution in [2.75, 3.05) is 6.54 Å². The van der Waals surface area contributed by atoms with E-state index in [0.717, 1.165) is 47.7 Å². The van der Waals surface area contributed by atoms with Crippen molar-refractivity contribution in [2.45, 2.75) is 49.4 Å². The molecule has 0 spiro atoms. The van der Waals surface area contributed by atoms with Gasteiger partial charge < -0.3 is 5.32 Å². The molecular formula is C25H25F2N3O2S. The van der Waals surface area contributed by atoms with Gasteiger partial charge in [0, 0.05) is 12.6 Å². The van der Waals surface area contributed by atoms with Crippen LogP contribution in [0.4, 0.5) is 8.78 Å². The summed E-state index contributed by atoms with van der Waals surface area (Å²) in [5, 5.41) is 2.84. The highest BCUT2D eigenvalue weighted by molar-refractivity contribution is 8.00. The normalized spacial score (nSPS) is 14.7. The molecule has 33 heavy (non-hydrogen) atoms. The molecule has 1 amide bonds. The minimum Gasteiger partial charge on any atom is -0.355 e. The molecule has 1 heterocycles. The van der Waals surface area contributed by atoms with Gasteiger partial charge in [0.25, 0.3) is 5.56 Å². The number of amides is 1. The van der Waals surface area contributed by atoms with Gasteiger partial charge in [-0.1, -0.05) is 35.5 Å². The van der Waals surface area contributed by atoms with Gasteiger partial charge in [-0.05, 0) is 63.3 Å². The molecule has 1 aromatic heterocycles. The Balaban J connectivity index is 1.60. The number of hydrogen-bond acceptors (Lipinski definition) is 4. The van der Waals surface area contributed by atoms with Crippen LogP contribution < -0.4 is 10.9 Å². The second kappa shape index (κ2) is 10.3. The highest BCUT2D eigenvalue weighted by Gasteiger charge is 2.22. The maximum absolute atomic E-state index is 14.6. The molecule has 0 saturated heterocycles. The van der Waals surface area contributed by atoms with Gasteiger partial charge >= 0.3 is 0 Å². The number of para-hydroxylation sites is 1. The quantitative estimate of drug-likeness (QED) is 0.295. The van der Waals surface area contributed by atoms with Crippen LogP contribution in [0, 0.1) is 11.6 Å². The molecule has 1 aliphatic carbocycles. The van der Waals surface area contributed by atoms with Gasteiger partial charge in [0.1, 0.15) is 11.6 Å². The van der Waals surface area contributed by atoms with Crippen LogP contribution in [0.15, 0.2) is 64.1 Å². The lowest BCUT2D eigenvalue weighted by Gasteiger charge is -2.17. The third kappa shape index (κ3) is 5.33. The molecule has 1 N–H and O–H groups in total. The van der Waals surface area contributed by atoms with E-state index in [2.05, 4.69) is 16.4 Å². The van der Waals surface area contributed by atoms with E-state index < -0.39 is 22.4 Å². The first-order valence-corrected chi connectivity index (χ1v) is 11.9. The number of carbonyl (C=O) groups is 1. The number of halogens is 2. The lowest BCUT2D eigenvalue weighted by molar-refractivity contribution is -0.120. The minimum atomic E-state index is -0.881. The third-order valence-corrected chi connectivity index (χ3v) is 6.73. The van der Waals surface area contributed by atoms with E-state index in [1.807, 2.05) is 0 Å². The van der Waals surface area contributed by atoms with Crippen LogP contribution in [0.5, 0.6) is 0 Å². The van der Waals surface area contributed by atoms with Crippen molar-refractivity contribution in [2.24, 2.45) is 0 Å². The fraction of sp³-hybridized carbons (Fsp3) is 0.320. The molecule has 3 aromatic rings. The number of benzene rings is 2. The van der Waals surface area contributed by atoms with Crippen molar-refractivity contribution >= 4 is 28.6 Å². The Morgan fingerprint density at radius 1 is 1.21 bits per heavy atom. The molecule has 172 valence electrons. The number of carbonyl (C=O) groups excluding carboxylic acids is 1. The number of hydrogen-bond donors (Lipinski definition) is 1. The van der Waals surface area contributed by atoms with Crippen LogP contribution in [-0.2, 0) is 4.79 Å². The van der Waals surface area contributed by atoms with E-state index in [0.29, 0.717) is 17.4 Å². The maximum Gasteiger partial charge on any atom is 0.266 e. The lowest BCUT2D eigenvalue weighted by Crippen LogP contribution is -2.33.